The smallest absolute Gasteiger partial charge is 0.257 e. The van der Waals surface area contributed by atoms with Gasteiger partial charge in [-0.3, -0.25) is 0 Å². The molecule has 0 amide bonds. The van der Waals surface area contributed by atoms with Crippen LogP contribution in [0.1, 0.15) is 11.4 Å². The van der Waals surface area contributed by atoms with Crippen molar-refractivity contribution in [3.63, 3.8) is 0 Å². The van der Waals surface area contributed by atoms with Crippen molar-refractivity contribution in [2.75, 3.05) is 4.90 Å². The lowest BCUT2D eigenvalue weighted by atomic mass is 9.34. The molecule has 180 valence electrons. The van der Waals surface area contributed by atoms with E-state index >= 15 is 0 Å². The zero-order valence-corrected chi connectivity index (χ0v) is 21.3. The summed E-state index contributed by atoms with van der Waals surface area (Å²) in [6, 6.07) is 38.8. The number of fused-ring (bicyclic) bond motifs is 6. The lowest BCUT2D eigenvalue weighted by Crippen LogP contribution is -2.59. The van der Waals surface area contributed by atoms with Crippen LogP contribution in [-0.4, -0.2) is 11.7 Å². The van der Waals surface area contributed by atoms with Gasteiger partial charge in [-0.1, -0.05) is 72.8 Å². The maximum atomic E-state index is 6.88. The molecular weight excluding hydrogens is 465 g/mol. The Morgan fingerprint density at radius 2 is 1.45 bits per heavy atom. The summed E-state index contributed by atoms with van der Waals surface area (Å²) in [6.45, 7) is 4.37. The molecule has 0 atom stereocenters. The predicted octanol–water partition coefficient (Wildman–Crippen LogP) is 5.47. The molecule has 5 aromatic carbocycles. The summed E-state index contributed by atoms with van der Waals surface area (Å²) >= 11 is 0. The molecule has 1 N–H and O–H groups in total. The predicted molar refractivity (Wildman–Crippen MR) is 155 cm³/mol. The number of nitrogens with one attached hydrogen (secondary N) is 1. The zero-order chi connectivity index (χ0) is 25.4. The van der Waals surface area contributed by atoms with Crippen LogP contribution in [-0.2, 0) is 0 Å². The first-order chi connectivity index (χ1) is 18.7. The normalized spacial score (nSPS) is 13.1. The van der Waals surface area contributed by atoms with Crippen molar-refractivity contribution in [1.82, 2.24) is 4.98 Å². The van der Waals surface area contributed by atoms with Crippen LogP contribution in [0.25, 0.3) is 16.7 Å². The fourth-order valence-corrected chi connectivity index (χ4v) is 6.39. The van der Waals surface area contributed by atoms with E-state index in [0.29, 0.717) is 0 Å². The molecule has 38 heavy (non-hydrogen) atoms. The fraction of sp³-hybridized carbons (Fsp3) is 0.0606. The van der Waals surface area contributed by atoms with Gasteiger partial charge in [-0.25, -0.2) is 4.98 Å². The molecule has 2 aliphatic rings. The zero-order valence-electron chi connectivity index (χ0n) is 21.3. The van der Waals surface area contributed by atoms with Gasteiger partial charge in [-0.2, -0.15) is 4.57 Å². The molecule has 0 radical (unpaired) electrons. The molecule has 0 saturated carbocycles. The van der Waals surface area contributed by atoms with E-state index < -0.39 is 0 Å². The Bertz CT molecular complexity index is 1890. The standard InChI is InChI=1S/C33H24BN3O/c1-21-12-6-9-17-27(21)36-22(2)35-26-20-29-31-33(32(26)36)38-30-19-11-8-16-25(30)34(31)24-15-7-10-18-28(24)37(29)23-13-4-3-5-14-23/h3-20H,1-2H3/p+1. The highest BCUT2D eigenvalue weighted by Crippen LogP contribution is 2.43. The second kappa shape index (κ2) is 7.86. The third-order valence-electron chi connectivity index (χ3n) is 7.98. The molecule has 0 spiro atoms. The number of anilines is 3. The van der Waals surface area contributed by atoms with Crippen LogP contribution in [0.5, 0.6) is 11.5 Å². The number of H-pyrrole nitrogens is 1. The Morgan fingerprint density at radius 1 is 0.737 bits per heavy atom. The topological polar surface area (TPSA) is 32.1 Å². The Hall–Kier alpha value is -4.77. The quantitative estimate of drug-likeness (QED) is 0.258. The summed E-state index contributed by atoms with van der Waals surface area (Å²) in [5.41, 5.74) is 11.7. The number of aromatic nitrogens is 2. The first-order valence-corrected chi connectivity index (χ1v) is 13.1. The van der Waals surface area contributed by atoms with E-state index in [1.807, 2.05) is 0 Å². The number of para-hydroxylation sites is 4. The van der Waals surface area contributed by atoms with Crippen molar-refractivity contribution in [1.29, 1.82) is 0 Å². The van der Waals surface area contributed by atoms with Crippen LogP contribution in [0, 0.1) is 13.8 Å². The van der Waals surface area contributed by atoms with E-state index in [-0.39, 0.29) is 6.71 Å². The minimum atomic E-state index is 0.0750. The second-order valence-corrected chi connectivity index (χ2v) is 10.2. The van der Waals surface area contributed by atoms with Crippen molar-refractivity contribution in [3.8, 4) is 17.2 Å². The molecule has 8 rings (SSSR count). The molecular formula is C33H25BN3O+. The number of aryl methyl sites for hydroxylation is 2. The summed E-state index contributed by atoms with van der Waals surface area (Å²) in [5, 5.41) is 0. The van der Waals surface area contributed by atoms with Gasteiger partial charge in [0.05, 0.1) is 0 Å². The van der Waals surface area contributed by atoms with Crippen LogP contribution < -0.4 is 30.6 Å². The fourth-order valence-electron chi connectivity index (χ4n) is 6.39. The molecule has 0 unspecified atom stereocenters. The van der Waals surface area contributed by atoms with Gasteiger partial charge in [0.25, 0.3) is 12.5 Å². The Kier molecular flexibility index (Phi) is 4.42. The summed E-state index contributed by atoms with van der Waals surface area (Å²) in [7, 11) is 0. The highest BCUT2D eigenvalue weighted by molar-refractivity contribution is 6.99. The van der Waals surface area contributed by atoms with Gasteiger partial charge >= 0.3 is 0 Å². The van der Waals surface area contributed by atoms with Crippen LogP contribution in [0.15, 0.2) is 109 Å². The molecule has 6 aromatic rings. The van der Waals surface area contributed by atoms with E-state index in [2.05, 4.69) is 137 Å². The molecule has 0 fully saturated rings. The number of rotatable bonds is 2. The summed E-state index contributed by atoms with van der Waals surface area (Å²) in [5.74, 6) is 2.90. The number of hydrogen-bond acceptors (Lipinski definition) is 2. The Labute approximate surface area is 221 Å². The van der Waals surface area contributed by atoms with Gasteiger partial charge in [0.2, 0.25) is 5.52 Å². The van der Waals surface area contributed by atoms with Gasteiger partial charge < -0.3 is 9.64 Å². The average Bonchev–Trinajstić information content (AvgIpc) is 3.29. The summed E-state index contributed by atoms with van der Waals surface area (Å²) in [6.07, 6.45) is 0. The van der Waals surface area contributed by atoms with Crippen molar-refractivity contribution in [2.24, 2.45) is 0 Å². The van der Waals surface area contributed by atoms with Crippen LogP contribution in [0.4, 0.5) is 17.1 Å². The number of nitrogens with zero attached hydrogens (tertiary/aromatic N) is 2. The Morgan fingerprint density at radius 3 is 2.29 bits per heavy atom. The van der Waals surface area contributed by atoms with Gasteiger partial charge in [0.15, 0.2) is 11.3 Å². The number of imidazole rings is 1. The van der Waals surface area contributed by atoms with Gasteiger partial charge in [0.1, 0.15) is 11.4 Å². The number of aromatic amines is 1. The van der Waals surface area contributed by atoms with Crippen LogP contribution in [0.3, 0.4) is 0 Å². The minimum absolute atomic E-state index is 0.0750. The lowest BCUT2D eigenvalue weighted by Gasteiger charge is -2.39. The number of hydrogen-bond donors (Lipinski definition) is 1. The van der Waals surface area contributed by atoms with E-state index in [1.54, 1.807) is 0 Å². The number of ether oxygens (including phenoxy) is 1. The second-order valence-electron chi connectivity index (χ2n) is 10.2. The van der Waals surface area contributed by atoms with Crippen molar-refractivity contribution >= 4 is 51.2 Å². The molecule has 3 heterocycles. The van der Waals surface area contributed by atoms with Crippen molar-refractivity contribution < 1.29 is 9.30 Å². The van der Waals surface area contributed by atoms with Crippen LogP contribution in [0.2, 0.25) is 0 Å². The first-order valence-electron chi connectivity index (χ1n) is 13.1. The monoisotopic (exact) mass is 490 g/mol. The molecule has 5 heteroatoms. The highest BCUT2D eigenvalue weighted by atomic mass is 16.5. The van der Waals surface area contributed by atoms with E-state index in [1.165, 1.54) is 27.6 Å². The highest BCUT2D eigenvalue weighted by Gasteiger charge is 2.44. The maximum Gasteiger partial charge on any atom is 0.257 e. The average molecular weight is 490 g/mol. The molecule has 1 aromatic heterocycles. The molecule has 0 saturated heterocycles. The SMILES string of the molecule is Cc1ccccc1-[n+]1c(C)[nH]c2cc3c4c(c21)Oc1ccccc1B4c1ccccc1N3c1ccccc1. The summed E-state index contributed by atoms with van der Waals surface area (Å²) < 4.78 is 9.20. The molecule has 4 nitrogen and oxygen atoms in total. The van der Waals surface area contributed by atoms with Gasteiger partial charge in [0, 0.05) is 35.5 Å². The van der Waals surface area contributed by atoms with Gasteiger partial charge in [-0.15, -0.1) is 0 Å². The van der Waals surface area contributed by atoms with Crippen molar-refractivity contribution in [3.05, 3.63) is 121 Å². The van der Waals surface area contributed by atoms with Crippen molar-refractivity contribution in [2.45, 2.75) is 13.8 Å². The lowest BCUT2D eigenvalue weighted by molar-refractivity contribution is -0.575. The largest absolute Gasteiger partial charge is 0.454 e. The Balaban J connectivity index is 1.53. The molecule has 0 aliphatic carbocycles. The minimum Gasteiger partial charge on any atom is -0.454 e. The van der Waals surface area contributed by atoms with Gasteiger partial charge in [-0.05, 0) is 53.7 Å². The first kappa shape index (κ1) is 21.3. The third kappa shape index (κ3) is 2.84. The number of benzene rings is 5. The molecule has 0 bridgehead atoms. The maximum absolute atomic E-state index is 6.88. The van der Waals surface area contributed by atoms with E-state index in [9.17, 15) is 0 Å². The van der Waals surface area contributed by atoms with E-state index in [4.69, 9.17) is 4.74 Å². The van der Waals surface area contributed by atoms with E-state index in [0.717, 1.165) is 45.4 Å². The third-order valence-corrected chi connectivity index (χ3v) is 7.98. The molecule has 2 aliphatic heterocycles. The summed E-state index contributed by atoms with van der Waals surface area (Å²) in [4.78, 5) is 6.08. The van der Waals surface area contributed by atoms with Crippen LogP contribution >= 0.6 is 0 Å².